The van der Waals surface area contributed by atoms with Crippen molar-refractivity contribution in [2.24, 2.45) is 5.73 Å². The number of thioether (sulfide) groups is 1. The number of hydrogen-bond acceptors (Lipinski definition) is 2. The fraction of sp³-hybridized carbons (Fsp3) is 0.500. The van der Waals surface area contributed by atoms with Crippen LogP contribution in [0.5, 0.6) is 0 Å². The van der Waals surface area contributed by atoms with Crippen molar-refractivity contribution in [2.45, 2.75) is 43.1 Å². The van der Waals surface area contributed by atoms with Gasteiger partial charge in [0.2, 0.25) is 0 Å². The van der Waals surface area contributed by atoms with Gasteiger partial charge in [0.15, 0.2) is 0 Å². The van der Waals surface area contributed by atoms with Gasteiger partial charge in [0.05, 0.1) is 6.54 Å². The highest BCUT2D eigenvalue weighted by Crippen LogP contribution is 2.30. The molecule has 102 valence electrons. The van der Waals surface area contributed by atoms with Gasteiger partial charge in [-0.05, 0) is 36.6 Å². The summed E-state index contributed by atoms with van der Waals surface area (Å²) in [6.45, 7) is 0.308. The van der Waals surface area contributed by atoms with Crippen LogP contribution >= 0.6 is 11.8 Å². The molecule has 0 spiro atoms. The van der Waals surface area contributed by atoms with Crippen LogP contribution in [0.3, 0.4) is 0 Å². The Morgan fingerprint density at radius 1 is 1.21 bits per heavy atom. The molecular formula is C16H20FNS. The van der Waals surface area contributed by atoms with Gasteiger partial charge in [-0.25, -0.2) is 4.39 Å². The summed E-state index contributed by atoms with van der Waals surface area (Å²) in [6.07, 6.45) is 6.66. The molecule has 1 fully saturated rings. The van der Waals surface area contributed by atoms with E-state index < -0.39 is 0 Å². The molecule has 19 heavy (non-hydrogen) atoms. The third-order valence-corrected chi connectivity index (χ3v) is 4.77. The van der Waals surface area contributed by atoms with Crippen molar-refractivity contribution in [3.63, 3.8) is 0 Å². The van der Waals surface area contributed by atoms with Crippen LogP contribution in [0.1, 0.15) is 43.2 Å². The van der Waals surface area contributed by atoms with E-state index in [9.17, 15) is 4.39 Å². The molecule has 1 nitrogen and oxygen atoms in total. The van der Waals surface area contributed by atoms with Gasteiger partial charge < -0.3 is 5.73 Å². The number of benzene rings is 1. The zero-order chi connectivity index (χ0) is 13.5. The molecule has 1 aliphatic rings. The van der Waals surface area contributed by atoms with Crippen molar-refractivity contribution in [1.82, 2.24) is 0 Å². The number of rotatable bonds is 3. The Morgan fingerprint density at radius 3 is 2.74 bits per heavy atom. The lowest BCUT2D eigenvalue weighted by Gasteiger charge is -2.20. The lowest BCUT2D eigenvalue weighted by Crippen LogP contribution is -2.08. The van der Waals surface area contributed by atoms with Crippen LogP contribution in [-0.4, -0.2) is 11.8 Å². The summed E-state index contributed by atoms with van der Waals surface area (Å²) in [5, 5.41) is 0.746. The Labute approximate surface area is 119 Å². The molecule has 2 rings (SSSR count). The van der Waals surface area contributed by atoms with Crippen molar-refractivity contribution in [3.8, 4) is 11.8 Å². The van der Waals surface area contributed by atoms with Crippen LogP contribution < -0.4 is 5.73 Å². The third kappa shape index (κ3) is 4.89. The smallest absolute Gasteiger partial charge is 0.124 e. The molecule has 0 bridgehead atoms. The molecule has 0 heterocycles. The SMILES string of the molecule is NCC#Cc1cc(F)cc(CSC2CCCCC2)c1. The maximum absolute atomic E-state index is 13.5. The fourth-order valence-corrected chi connectivity index (χ4v) is 3.67. The second kappa shape index (κ2) is 7.57. The molecule has 0 amide bonds. The lowest BCUT2D eigenvalue weighted by atomic mass is 10.0. The van der Waals surface area contributed by atoms with Crippen LogP contribution in [0.4, 0.5) is 4.39 Å². The zero-order valence-electron chi connectivity index (χ0n) is 11.1. The maximum Gasteiger partial charge on any atom is 0.124 e. The largest absolute Gasteiger partial charge is 0.320 e. The van der Waals surface area contributed by atoms with Gasteiger partial charge >= 0.3 is 0 Å². The third-order valence-electron chi connectivity index (χ3n) is 3.33. The van der Waals surface area contributed by atoms with Crippen molar-refractivity contribution < 1.29 is 4.39 Å². The van der Waals surface area contributed by atoms with E-state index >= 15 is 0 Å². The molecule has 0 aromatic heterocycles. The minimum atomic E-state index is -0.205. The Morgan fingerprint density at radius 2 is 2.00 bits per heavy atom. The van der Waals surface area contributed by atoms with E-state index in [-0.39, 0.29) is 5.82 Å². The molecule has 2 N–H and O–H groups in total. The standard InChI is InChI=1S/C16H20FNS/c17-15-10-13(5-4-8-18)9-14(11-15)12-19-16-6-2-1-3-7-16/h9-11,16H,1-3,6-8,12,18H2. The molecule has 0 aliphatic heterocycles. The van der Waals surface area contributed by atoms with Gasteiger partial charge in [-0.3, -0.25) is 0 Å². The first kappa shape index (κ1) is 14.4. The molecular weight excluding hydrogens is 257 g/mol. The highest BCUT2D eigenvalue weighted by atomic mass is 32.2. The average Bonchev–Trinajstić information content (AvgIpc) is 2.43. The molecule has 1 saturated carbocycles. The summed E-state index contributed by atoms with van der Waals surface area (Å²) in [4.78, 5) is 0. The second-order valence-corrected chi connectivity index (χ2v) is 6.21. The van der Waals surface area contributed by atoms with E-state index in [0.29, 0.717) is 6.54 Å². The molecule has 1 aromatic rings. The summed E-state index contributed by atoms with van der Waals surface area (Å²) in [6, 6.07) is 5.06. The minimum Gasteiger partial charge on any atom is -0.320 e. The predicted octanol–water partition coefficient (Wildman–Crippen LogP) is 3.70. The number of halogens is 1. The van der Waals surface area contributed by atoms with Crippen LogP contribution in [0.2, 0.25) is 0 Å². The van der Waals surface area contributed by atoms with E-state index in [1.165, 1.54) is 38.2 Å². The lowest BCUT2D eigenvalue weighted by molar-refractivity contribution is 0.516. The van der Waals surface area contributed by atoms with Gasteiger partial charge in [-0.15, -0.1) is 0 Å². The molecule has 0 saturated heterocycles. The number of hydrogen-bond donors (Lipinski definition) is 1. The van der Waals surface area contributed by atoms with Gasteiger partial charge in [0.1, 0.15) is 5.82 Å². The molecule has 3 heteroatoms. The van der Waals surface area contributed by atoms with Crippen molar-refractivity contribution in [2.75, 3.05) is 6.54 Å². The molecule has 0 atom stereocenters. The molecule has 0 radical (unpaired) electrons. The van der Waals surface area contributed by atoms with Crippen LogP contribution in [0.15, 0.2) is 18.2 Å². The summed E-state index contributed by atoms with van der Waals surface area (Å²) in [5.74, 6) is 6.34. The predicted molar refractivity (Wildman–Crippen MR) is 80.5 cm³/mol. The zero-order valence-corrected chi connectivity index (χ0v) is 11.9. The van der Waals surface area contributed by atoms with Gasteiger partial charge in [0.25, 0.3) is 0 Å². The average molecular weight is 277 g/mol. The minimum absolute atomic E-state index is 0.205. The van der Waals surface area contributed by atoms with Crippen molar-refractivity contribution in [3.05, 3.63) is 35.1 Å². The van der Waals surface area contributed by atoms with Gasteiger partial charge in [0, 0.05) is 16.6 Å². The Bertz CT molecular complexity index is 469. The van der Waals surface area contributed by atoms with Crippen molar-refractivity contribution >= 4 is 11.8 Å². The highest BCUT2D eigenvalue weighted by Gasteiger charge is 2.13. The topological polar surface area (TPSA) is 26.0 Å². The van der Waals surface area contributed by atoms with Gasteiger partial charge in [-0.1, -0.05) is 31.1 Å². The Balaban J connectivity index is 1.97. The van der Waals surface area contributed by atoms with E-state index in [4.69, 9.17) is 5.73 Å². The number of nitrogens with two attached hydrogens (primary N) is 1. The Kier molecular flexibility index (Phi) is 5.75. The van der Waals surface area contributed by atoms with Gasteiger partial charge in [-0.2, -0.15) is 11.8 Å². The normalized spacial score (nSPS) is 15.9. The highest BCUT2D eigenvalue weighted by molar-refractivity contribution is 7.99. The summed E-state index contributed by atoms with van der Waals surface area (Å²) in [5.41, 5.74) is 7.09. The maximum atomic E-state index is 13.5. The first-order valence-electron chi connectivity index (χ1n) is 6.88. The second-order valence-electron chi connectivity index (χ2n) is 4.93. The quantitative estimate of drug-likeness (QED) is 0.853. The van der Waals surface area contributed by atoms with Crippen LogP contribution in [0.25, 0.3) is 0 Å². The summed E-state index contributed by atoms with van der Waals surface area (Å²) >= 11 is 1.95. The molecule has 0 unspecified atom stereocenters. The van der Waals surface area contributed by atoms with Crippen LogP contribution in [-0.2, 0) is 5.75 Å². The first-order chi connectivity index (χ1) is 9.28. The van der Waals surface area contributed by atoms with E-state index in [2.05, 4.69) is 11.8 Å². The Hall–Kier alpha value is -0.980. The van der Waals surface area contributed by atoms with Crippen molar-refractivity contribution in [1.29, 1.82) is 0 Å². The van der Waals surface area contributed by atoms with E-state index in [1.54, 1.807) is 6.07 Å². The van der Waals surface area contributed by atoms with E-state index in [1.807, 2.05) is 17.8 Å². The summed E-state index contributed by atoms with van der Waals surface area (Å²) < 4.78 is 13.5. The molecule has 1 aromatic carbocycles. The first-order valence-corrected chi connectivity index (χ1v) is 7.93. The monoisotopic (exact) mass is 277 g/mol. The van der Waals surface area contributed by atoms with E-state index in [0.717, 1.165) is 22.1 Å². The fourth-order valence-electron chi connectivity index (χ4n) is 2.40. The van der Waals surface area contributed by atoms with Crippen LogP contribution in [0, 0.1) is 17.7 Å². The summed E-state index contributed by atoms with van der Waals surface area (Å²) in [7, 11) is 0. The molecule has 1 aliphatic carbocycles.